The molecule has 0 amide bonds. The molecule has 0 fully saturated rings. The second-order valence-corrected chi connectivity index (χ2v) is 6.50. The van der Waals surface area contributed by atoms with E-state index >= 15 is 0 Å². The highest BCUT2D eigenvalue weighted by molar-refractivity contribution is 5.48. The highest BCUT2D eigenvalue weighted by Gasteiger charge is 2.00. The first-order chi connectivity index (χ1) is 14.7. The molecule has 1 aromatic carbocycles. The number of ether oxygens (including phenoxy) is 1. The van der Waals surface area contributed by atoms with E-state index in [2.05, 4.69) is 19.9 Å². The largest absolute Gasteiger partial charge is 0.487 e. The predicted molar refractivity (Wildman–Crippen MR) is 113 cm³/mol. The number of hydrogen-bond acceptors (Lipinski definition) is 5. The van der Waals surface area contributed by atoms with Gasteiger partial charge in [-0.05, 0) is 47.5 Å². The number of nitrogens with one attached hydrogen (secondary N) is 2. The third kappa shape index (κ3) is 4.77. The maximum absolute atomic E-state index is 12.4. The zero-order valence-corrected chi connectivity index (χ0v) is 15.9. The van der Waals surface area contributed by atoms with Crippen molar-refractivity contribution in [1.29, 1.82) is 0 Å². The smallest absolute Gasteiger partial charge is 0.272 e. The Bertz CT molecular complexity index is 1360. The van der Waals surface area contributed by atoms with E-state index in [1.54, 1.807) is 36.8 Å². The van der Waals surface area contributed by atoms with Gasteiger partial charge in [-0.2, -0.15) is 0 Å². The van der Waals surface area contributed by atoms with Crippen LogP contribution in [-0.2, 0) is 6.61 Å². The Balaban J connectivity index is 1.56. The van der Waals surface area contributed by atoms with Gasteiger partial charge in [-0.15, -0.1) is 0 Å². The Hall–Kier alpha value is -4.26. The van der Waals surface area contributed by atoms with Crippen molar-refractivity contribution in [2.75, 3.05) is 0 Å². The lowest BCUT2D eigenvalue weighted by atomic mass is 10.2. The number of aromatic nitrogens is 4. The van der Waals surface area contributed by atoms with Crippen LogP contribution in [0, 0.1) is 0 Å². The van der Waals surface area contributed by atoms with E-state index in [9.17, 15) is 9.59 Å². The maximum atomic E-state index is 12.4. The maximum Gasteiger partial charge on any atom is 0.272 e. The van der Waals surface area contributed by atoms with Gasteiger partial charge < -0.3 is 14.7 Å². The van der Waals surface area contributed by atoms with Crippen LogP contribution in [0.2, 0.25) is 0 Å². The van der Waals surface area contributed by atoms with E-state index in [0.717, 1.165) is 11.1 Å². The minimum absolute atomic E-state index is 0.128. The summed E-state index contributed by atoms with van der Waals surface area (Å²) in [6.45, 7) is 0.402. The van der Waals surface area contributed by atoms with Gasteiger partial charge in [0.1, 0.15) is 23.1 Å². The Morgan fingerprint density at radius 2 is 1.53 bits per heavy atom. The molecule has 4 aromatic rings. The van der Waals surface area contributed by atoms with Crippen LogP contribution in [0.4, 0.5) is 0 Å². The van der Waals surface area contributed by atoms with Crippen molar-refractivity contribution in [3.8, 4) is 5.75 Å². The van der Waals surface area contributed by atoms with Crippen LogP contribution in [0.15, 0.2) is 82.8 Å². The fraction of sp³-hybridized carbons (Fsp3) is 0.0435. The Kier molecular flexibility index (Phi) is 5.61. The van der Waals surface area contributed by atoms with E-state index in [0.29, 0.717) is 18.1 Å². The Morgan fingerprint density at radius 1 is 0.833 bits per heavy atom. The molecule has 7 heteroatoms. The monoisotopic (exact) mass is 398 g/mol. The molecule has 0 saturated heterocycles. The molecular weight excluding hydrogens is 380 g/mol. The molecule has 0 aliphatic carbocycles. The molecule has 0 aliphatic heterocycles. The third-order valence-electron chi connectivity index (χ3n) is 4.30. The van der Waals surface area contributed by atoms with E-state index < -0.39 is 5.56 Å². The first kappa shape index (κ1) is 19.1. The quantitative estimate of drug-likeness (QED) is 0.524. The highest BCUT2D eigenvalue weighted by Crippen LogP contribution is 2.11. The number of pyridine rings is 2. The van der Waals surface area contributed by atoms with Crippen LogP contribution >= 0.6 is 0 Å². The second kappa shape index (κ2) is 8.83. The number of H-pyrrole nitrogens is 2. The van der Waals surface area contributed by atoms with Crippen LogP contribution in [0.25, 0.3) is 12.2 Å². The summed E-state index contributed by atoms with van der Waals surface area (Å²) >= 11 is 0. The van der Waals surface area contributed by atoms with Gasteiger partial charge in [0.2, 0.25) is 0 Å². The summed E-state index contributed by atoms with van der Waals surface area (Å²) in [4.78, 5) is 38.2. The zero-order valence-electron chi connectivity index (χ0n) is 15.9. The summed E-state index contributed by atoms with van der Waals surface area (Å²) in [5.74, 6) is 0.596. The van der Waals surface area contributed by atoms with Gasteiger partial charge in [-0.3, -0.25) is 19.6 Å². The van der Waals surface area contributed by atoms with Gasteiger partial charge in [0.15, 0.2) is 0 Å². The molecule has 7 nitrogen and oxygen atoms in total. The molecule has 3 aromatic heterocycles. The molecule has 148 valence electrons. The Labute approximate surface area is 171 Å². The van der Waals surface area contributed by atoms with Gasteiger partial charge in [-0.1, -0.05) is 30.3 Å². The predicted octanol–water partition coefficient (Wildman–Crippen LogP) is 1.09. The van der Waals surface area contributed by atoms with Gasteiger partial charge in [0, 0.05) is 12.4 Å². The number of rotatable bonds is 5. The third-order valence-corrected chi connectivity index (χ3v) is 4.30. The SMILES string of the molecule is O=c1[nH]c(=Cc2ccc(OCc3ccncc3)cn2)c(=O)[nH]c1=Cc1ccccc1. The molecule has 0 bridgehead atoms. The molecule has 3 heterocycles. The topological polar surface area (TPSA) is 101 Å². The van der Waals surface area contributed by atoms with Crippen molar-refractivity contribution in [3.63, 3.8) is 0 Å². The molecule has 0 saturated carbocycles. The normalized spacial score (nSPS) is 12.1. The molecular formula is C23H18N4O3. The van der Waals surface area contributed by atoms with Crippen molar-refractivity contribution in [2.45, 2.75) is 6.61 Å². The van der Waals surface area contributed by atoms with Crippen LogP contribution in [0.1, 0.15) is 16.8 Å². The lowest BCUT2D eigenvalue weighted by Gasteiger charge is -2.05. The van der Waals surface area contributed by atoms with Crippen molar-refractivity contribution in [3.05, 3.63) is 121 Å². The number of aromatic amines is 2. The summed E-state index contributed by atoms with van der Waals surface area (Å²) in [6.07, 6.45) is 8.11. The summed E-state index contributed by atoms with van der Waals surface area (Å²) in [7, 11) is 0. The minimum atomic E-state index is -0.406. The van der Waals surface area contributed by atoms with Crippen molar-refractivity contribution in [2.24, 2.45) is 0 Å². The van der Waals surface area contributed by atoms with E-state index in [1.807, 2.05) is 42.5 Å². The average molecular weight is 398 g/mol. The van der Waals surface area contributed by atoms with E-state index in [4.69, 9.17) is 4.74 Å². The molecule has 0 radical (unpaired) electrons. The van der Waals surface area contributed by atoms with Crippen molar-refractivity contribution in [1.82, 2.24) is 19.9 Å². The molecule has 0 atom stereocenters. The second-order valence-electron chi connectivity index (χ2n) is 6.50. The van der Waals surface area contributed by atoms with Crippen LogP contribution in [-0.4, -0.2) is 19.9 Å². The highest BCUT2D eigenvalue weighted by atomic mass is 16.5. The fourth-order valence-electron chi connectivity index (χ4n) is 2.77. The van der Waals surface area contributed by atoms with Crippen molar-refractivity contribution < 1.29 is 4.74 Å². The van der Waals surface area contributed by atoms with E-state index in [-0.39, 0.29) is 16.3 Å². The summed E-state index contributed by atoms with van der Waals surface area (Å²) in [6, 6.07) is 16.5. The molecule has 4 rings (SSSR count). The van der Waals surface area contributed by atoms with E-state index in [1.165, 1.54) is 6.08 Å². The average Bonchev–Trinajstić information content (AvgIpc) is 2.78. The number of nitrogens with zero attached hydrogens (tertiary/aromatic N) is 2. The zero-order chi connectivity index (χ0) is 20.8. The minimum Gasteiger partial charge on any atom is -0.487 e. The summed E-state index contributed by atoms with van der Waals surface area (Å²) < 4.78 is 5.68. The van der Waals surface area contributed by atoms with Gasteiger partial charge in [0.05, 0.1) is 11.9 Å². The lowest BCUT2D eigenvalue weighted by Crippen LogP contribution is -2.46. The van der Waals surface area contributed by atoms with Crippen LogP contribution in [0.5, 0.6) is 5.75 Å². The summed E-state index contributed by atoms with van der Waals surface area (Å²) in [5.41, 5.74) is 1.54. The summed E-state index contributed by atoms with van der Waals surface area (Å²) in [5, 5.41) is 0.319. The van der Waals surface area contributed by atoms with Crippen LogP contribution < -0.4 is 26.6 Å². The van der Waals surface area contributed by atoms with Crippen molar-refractivity contribution >= 4 is 12.2 Å². The van der Waals surface area contributed by atoms with Crippen LogP contribution in [0.3, 0.4) is 0 Å². The molecule has 2 N–H and O–H groups in total. The fourth-order valence-corrected chi connectivity index (χ4v) is 2.77. The van der Waals surface area contributed by atoms with Gasteiger partial charge in [0.25, 0.3) is 11.1 Å². The molecule has 30 heavy (non-hydrogen) atoms. The van der Waals surface area contributed by atoms with Gasteiger partial charge in [-0.25, -0.2) is 0 Å². The molecule has 0 spiro atoms. The Morgan fingerprint density at radius 3 is 2.20 bits per heavy atom. The molecule has 0 aliphatic rings. The number of hydrogen-bond donors (Lipinski definition) is 2. The standard InChI is InChI=1S/C23H18N4O3/c28-22-20(12-16-4-2-1-3-5-16)26-23(29)21(27-22)13-18-6-7-19(14-25-18)30-15-17-8-10-24-11-9-17/h1-14H,15H2,(H,26,29)(H,27,28). The lowest BCUT2D eigenvalue weighted by molar-refractivity contribution is 0.305. The first-order valence-corrected chi connectivity index (χ1v) is 9.26. The molecule has 0 unspecified atom stereocenters. The first-order valence-electron chi connectivity index (χ1n) is 9.26. The number of benzene rings is 1. The van der Waals surface area contributed by atoms with Gasteiger partial charge >= 0.3 is 0 Å².